The lowest BCUT2D eigenvalue weighted by Gasteiger charge is -2.13. The summed E-state index contributed by atoms with van der Waals surface area (Å²) in [4.78, 5) is 22.0. The minimum absolute atomic E-state index is 0.132. The molecule has 0 saturated carbocycles. The maximum atomic E-state index is 11.6. The molecule has 0 aliphatic rings. The Morgan fingerprint density at radius 1 is 1.65 bits per heavy atom. The van der Waals surface area contributed by atoms with Crippen LogP contribution < -0.4 is 5.32 Å². The number of H-pyrrole nitrogens is 1. The number of hydrogen-bond acceptors (Lipinski definition) is 4. The molecule has 3 N–H and O–H groups in total. The summed E-state index contributed by atoms with van der Waals surface area (Å²) in [5.74, 6) is -1.33. The molecule has 1 atom stereocenters. The molecule has 0 spiro atoms. The number of ether oxygens (including phenoxy) is 1. The summed E-state index contributed by atoms with van der Waals surface area (Å²) in [5.41, 5.74) is 1.05. The standard InChI is InChI=1S/C10H15N3O4/c1-6-3-8(13-12-6)10(16)11-5-7(17-2)4-9(14)15/h3,7H,4-5H2,1-2H3,(H,11,16)(H,12,13)(H,14,15). The van der Waals surface area contributed by atoms with E-state index in [2.05, 4.69) is 15.5 Å². The summed E-state index contributed by atoms with van der Waals surface area (Å²) in [6, 6.07) is 1.61. The number of rotatable bonds is 6. The SMILES string of the molecule is COC(CNC(=O)c1cc(C)[nH]n1)CC(=O)O. The summed E-state index contributed by atoms with van der Waals surface area (Å²) in [6.07, 6.45) is -0.701. The van der Waals surface area contributed by atoms with Gasteiger partial charge in [0.25, 0.3) is 5.91 Å². The van der Waals surface area contributed by atoms with Crippen LogP contribution in [0.4, 0.5) is 0 Å². The summed E-state index contributed by atoms with van der Waals surface area (Å²) in [5, 5.41) is 17.6. The van der Waals surface area contributed by atoms with Gasteiger partial charge in [-0.3, -0.25) is 14.7 Å². The average Bonchev–Trinajstić information content (AvgIpc) is 2.70. The molecule has 1 amide bonds. The van der Waals surface area contributed by atoms with Crippen LogP contribution in [-0.4, -0.2) is 46.9 Å². The molecule has 1 aromatic rings. The summed E-state index contributed by atoms with van der Waals surface area (Å²) in [6.45, 7) is 1.92. The molecule has 17 heavy (non-hydrogen) atoms. The van der Waals surface area contributed by atoms with E-state index >= 15 is 0 Å². The molecule has 0 saturated heterocycles. The lowest BCUT2D eigenvalue weighted by molar-refractivity contribution is -0.139. The smallest absolute Gasteiger partial charge is 0.306 e. The zero-order valence-corrected chi connectivity index (χ0v) is 9.69. The molecule has 0 aromatic carbocycles. The topological polar surface area (TPSA) is 104 Å². The zero-order chi connectivity index (χ0) is 12.8. The zero-order valence-electron chi connectivity index (χ0n) is 9.69. The molecule has 0 radical (unpaired) electrons. The molecule has 0 bridgehead atoms. The second-order valence-electron chi connectivity index (χ2n) is 3.60. The fourth-order valence-corrected chi connectivity index (χ4v) is 1.27. The van der Waals surface area contributed by atoms with Crippen molar-refractivity contribution < 1.29 is 19.4 Å². The van der Waals surface area contributed by atoms with E-state index in [0.717, 1.165) is 5.69 Å². The number of carbonyl (C=O) groups excluding carboxylic acids is 1. The van der Waals surface area contributed by atoms with Gasteiger partial charge in [0.05, 0.1) is 12.5 Å². The highest BCUT2D eigenvalue weighted by atomic mass is 16.5. The molecule has 0 aliphatic carbocycles. The van der Waals surface area contributed by atoms with Crippen LogP contribution in [0.2, 0.25) is 0 Å². The fourth-order valence-electron chi connectivity index (χ4n) is 1.27. The van der Waals surface area contributed by atoms with Gasteiger partial charge in [0, 0.05) is 19.3 Å². The number of carbonyl (C=O) groups is 2. The Morgan fingerprint density at radius 2 is 2.35 bits per heavy atom. The summed E-state index contributed by atoms with van der Waals surface area (Å²) >= 11 is 0. The summed E-state index contributed by atoms with van der Waals surface area (Å²) < 4.78 is 4.93. The van der Waals surface area contributed by atoms with E-state index in [4.69, 9.17) is 9.84 Å². The number of methoxy groups -OCH3 is 1. The number of aromatic nitrogens is 2. The van der Waals surface area contributed by atoms with Gasteiger partial charge in [0.1, 0.15) is 5.69 Å². The first-order valence-corrected chi connectivity index (χ1v) is 5.07. The van der Waals surface area contributed by atoms with Crippen LogP contribution >= 0.6 is 0 Å². The van der Waals surface area contributed by atoms with E-state index in [0.29, 0.717) is 0 Å². The first kappa shape index (κ1) is 13.2. The molecule has 1 unspecified atom stereocenters. The van der Waals surface area contributed by atoms with Gasteiger partial charge in [-0.25, -0.2) is 0 Å². The Kier molecular flexibility index (Phi) is 4.65. The van der Waals surface area contributed by atoms with Crippen LogP contribution in [0, 0.1) is 6.92 Å². The average molecular weight is 241 g/mol. The number of aryl methyl sites for hydroxylation is 1. The third kappa shape index (κ3) is 4.23. The Balaban J connectivity index is 2.44. The molecule has 7 nitrogen and oxygen atoms in total. The number of carboxylic acid groups (broad SMARTS) is 1. The van der Waals surface area contributed by atoms with Crippen LogP contribution in [0.25, 0.3) is 0 Å². The number of hydrogen-bond donors (Lipinski definition) is 3. The van der Waals surface area contributed by atoms with E-state index in [1.165, 1.54) is 7.11 Å². The number of aliphatic carboxylic acids is 1. The fraction of sp³-hybridized carbons (Fsp3) is 0.500. The van der Waals surface area contributed by atoms with Crippen molar-refractivity contribution in [2.45, 2.75) is 19.4 Å². The van der Waals surface area contributed by atoms with Gasteiger partial charge in [-0.15, -0.1) is 0 Å². The van der Waals surface area contributed by atoms with Gasteiger partial charge in [0.2, 0.25) is 0 Å². The maximum Gasteiger partial charge on any atom is 0.306 e. The number of nitrogens with one attached hydrogen (secondary N) is 2. The molecule has 1 heterocycles. The highest BCUT2D eigenvalue weighted by Crippen LogP contribution is 1.99. The second kappa shape index (κ2) is 6.00. The van der Waals surface area contributed by atoms with E-state index in [1.54, 1.807) is 13.0 Å². The molecule has 7 heteroatoms. The van der Waals surface area contributed by atoms with Crippen molar-refractivity contribution in [3.05, 3.63) is 17.5 Å². The molecular formula is C10H15N3O4. The predicted molar refractivity (Wildman–Crippen MR) is 58.7 cm³/mol. The first-order chi connectivity index (χ1) is 8.02. The van der Waals surface area contributed by atoms with Crippen LogP contribution in [0.1, 0.15) is 22.6 Å². The highest BCUT2D eigenvalue weighted by molar-refractivity contribution is 5.92. The number of amides is 1. The second-order valence-corrected chi connectivity index (χ2v) is 3.60. The Labute approximate surface area is 98.2 Å². The molecule has 1 rings (SSSR count). The Bertz CT molecular complexity index is 402. The minimum Gasteiger partial charge on any atom is -0.481 e. The monoisotopic (exact) mass is 241 g/mol. The molecule has 0 fully saturated rings. The van der Waals surface area contributed by atoms with Gasteiger partial charge in [-0.05, 0) is 13.0 Å². The van der Waals surface area contributed by atoms with Gasteiger partial charge >= 0.3 is 5.97 Å². The van der Waals surface area contributed by atoms with Crippen LogP contribution in [0.15, 0.2) is 6.07 Å². The third-order valence-electron chi connectivity index (χ3n) is 2.16. The van der Waals surface area contributed by atoms with Crippen LogP contribution in [0.5, 0.6) is 0 Å². The van der Waals surface area contributed by atoms with Crippen molar-refractivity contribution in [2.75, 3.05) is 13.7 Å². The first-order valence-electron chi connectivity index (χ1n) is 5.07. The maximum absolute atomic E-state index is 11.6. The quantitative estimate of drug-likeness (QED) is 0.647. The summed E-state index contributed by atoms with van der Waals surface area (Å²) in [7, 11) is 1.40. The van der Waals surface area contributed by atoms with Crippen molar-refractivity contribution in [3.8, 4) is 0 Å². The van der Waals surface area contributed by atoms with Gasteiger partial charge < -0.3 is 15.2 Å². The van der Waals surface area contributed by atoms with E-state index in [9.17, 15) is 9.59 Å². The Hall–Kier alpha value is -1.89. The lowest BCUT2D eigenvalue weighted by Crippen LogP contribution is -2.34. The Morgan fingerprint density at radius 3 is 2.82 bits per heavy atom. The number of nitrogens with zero attached hydrogens (tertiary/aromatic N) is 1. The van der Waals surface area contributed by atoms with Crippen LogP contribution in [-0.2, 0) is 9.53 Å². The van der Waals surface area contributed by atoms with E-state index < -0.39 is 12.1 Å². The molecule has 94 valence electrons. The number of aromatic amines is 1. The molecule has 0 aliphatic heterocycles. The van der Waals surface area contributed by atoms with Gasteiger partial charge in [0.15, 0.2) is 0 Å². The normalized spacial score (nSPS) is 12.1. The van der Waals surface area contributed by atoms with Crippen molar-refractivity contribution in [3.63, 3.8) is 0 Å². The van der Waals surface area contributed by atoms with Gasteiger partial charge in [-0.1, -0.05) is 0 Å². The predicted octanol–water partition coefficient (Wildman–Crippen LogP) is -0.0624. The van der Waals surface area contributed by atoms with Crippen molar-refractivity contribution >= 4 is 11.9 Å². The molecule has 1 aromatic heterocycles. The molecular weight excluding hydrogens is 226 g/mol. The van der Waals surface area contributed by atoms with Crippen molar-refractivity contribution in [1.82, 2.24) is 15.5 Å². The van der Waals surface area contributed by atoms with Crippen molar-refractivity contribution in [1.29, 1.82) is 0 Å². The van der Waals surface area contributed by atoms with E-state index in [1.807, 2.05) is 0 Å². The van der Waals surface area contributed by atoms with Gasteiger partial charge in [-0.2, -0.15) is 5.10 Å². The lowest BCUT2D eigenvalue weighted by atomic mass is 10.2. The van der Waals surface area contributed by atoms with Crippen LogP contribution in [0.3, 0.4) is 0 Å². The largest absolute Gasteiger partial charge is 0.481 e. The third-order valence-corrected chi connectivity index (χ3v) is 2.16. The highest BCUT2D eigenvalue weighted by Gasteiger charge is 2.15. The van der Waals surface area contributed by atoms with E-state index in [-0.39, 0.29) is 24.6 Å². The minimum atomic E-state index is -0.971. The number of carboxylic acids is 1. The van der Waals surface area contributed by atoms with Crippen molar-refractivity contribution in [2.24, 2.45) is 0 Å².